The minimum atomic E-state index is -4.00. The van der Waals surface area contributed by atoms with Crippen LogP contribution in [-0.2, 0) is 39.5 Å². The van der Waals surface area contributed by atoms with Crippen LogP contribution in [0, 0.1) is 6.92 Å². The zero-order chi connectivity index (χ0) is 31.0. The molecule has 0 unspecified atom stereocenters. The molecule has 9 heteroatoms. The highest BCUT2D eigenvalue weighted by molar-refractivity contribution is 7.91. The standard InChI is InChI=1S/C35H33NO6S2/c1-27-17-19-32(43(37,38)31-15-9-4-10-16-31)24-35(27)44(39,40)36-22-21-28-18-20-33(41-25-29-11-5-2-6-12-29)34(23-28)42-26-30-13-7-3-8-14-30/h2-20,23-24,36H,21-22,25-26H2,1H3. The fourth-order valence-electron chi connectivity index (χ4n) is 4.59. The summed E-state index contributed by atoms with van der Waals surface area (Å²) in [6.45, 7) is 2.46. The molecule has 7 nitrogen and oxygen atoms in total. The average Bonchev–Trinajstić information content (AvgIpc) is 3.04. The zero-order valence-electron chi connectivity index (χ0n) is 24.2. The SMILES string of the molecule is Cc1ccc(S(=O)(=O)c2ccccc2)cc1S(=O)(=O)NCCc1ccc(OCc2ccccc2)c(OCc2ccccc2)c1. The van der Waals surface area contributed by atoms with Gasteiger partial charge in [-0.15, -0.1) is 0 Å². The number of benzene rings is 5. The molecule has 0 aliphatic rings. The van der Waals surface area contributed by atoms with Gasteiger partial charge in [0.05, 0.1) is 14.7 Å². The third-order valence-electron chi connectivity index (χ3n) is 7.00. The van der Waals surface area contributed by atoms with Gasteiger partial charge in [-0.3, -0.25) is 0 Å². The Morgan fingerprint density at radius 3 is 1.75 bits per heavy atom. The van der Waals surface area contributed by atoms with Crippen LogP contribution in [0.2, 0.25) is 0 Å². The molecular weight excluding hydrogens is 595 g/mol. The maximum atomic E-state index is 13.3. The maximum absolute atomic E-state index is 13.3. The van der Waals surface area contributed by atoms with Gasteiger partial charge in [0.1, 0.15) is 13.2 Å². The Bertz CT molecular complexity index is 1910. The fourth-order valence-corrected chi connectivity index (χ4v) is 7.27. The topological polar surface area (TPSA) is 98.8 Å². The van der Waals surface area contributed by atoms with E-state index < -0.39 is 19.9 Å². The second kappa shape index (κ2) is 13.9. The molecule has 226 valence electrons. The lowest BCUT2D eigenvalue weighted by Gasteiger charge is -2.15. The highest BCUT2D eigenvalue weighted by Crippen LogP contribution is 2.31. The Labute approximate surface area is 259 Å². The monoisotopic (exact) mass is 627 g/mol. The average molecular weight is 628 g/mol. The van der Waals surface area contributed by atoms with Crippen molar-refractivity contribution in [2.75, 3.05) is 6.54 Å². The molecule has 0 amide bonds. The summed E-state index contributed by atoms with van der Waals surface area (Å²) in [5.41, 5.74) is 3.32. The molecule has 0 bridgehead atoms. The molecule has 0 fully saturated rings. The predicted octanol–water partition coefficient (Wildman–Crippen LogP) is 6.51. The smallest absolute Gasteiger partial charge is 0.240 e. The van der Waals surface area contributed by atoms with Crippen molar-refractivity contribution < 1.29 is 26.3 Å². The largest absolute Gasteiger partial charge is 0.485 e. The maximum Gasteiger partial charge on any atom is 0.240 e. The quantitative estimate of drug-likeness (QED) is 0.160. The van der Waals surface area contributed by atoms with Gasteiger partial charge in [-0.05, 0) is 72.0 Å². The van der Waals surface area contributed by atoms with Crippen LogP contribution < -0.4 is 14.2 Å². The summed E-state index contributed by atoms with van der Waals surface area (Å²) in [4.78, 5) is -0.0614. The summed E-state index contributed by atoms with van der Waals surface area (Å²) in [5.74, 6) is 1.14. The predicted molar refractivity (Wildman–Crippen MR) is 170 cm³/mol. The van der Waals surface area contributed by atoms with E-state index >= 15 is 0 Å². The van der Waals surface area contributed by atoms with Crippen molar-refractivity contribution in [3.8, 4) is 11.5 Å². The van der Waals surface area contributed by atoms with Crippen molar-refractivity contribution in [3.63, 3.8) is 0 Å². The third-order valence-corrected chi connectivity index (χ3v) is 10.4. The lowest BCUT2D eigenvalue weighted by atomic mass is 10.1. The van der Waals surface area contributed by atoms with Crippen LogP contribution in [0.25, 0.3) is 0 Å². The first kappa shape index (κ1) is 31.0. The van der Waals surface area contributed by atoms with Gasteiger partial charge < -0.3 is 9.47 Å². The Morgan fingerprint density at radius 1 is 0.568 bits per heavy atom. The zero-order valence-corrected chi connectivity index (χ0v) is 25.9. The van der Waals surface area contributed by atoms with E-state index in [-0.39, 0.29) is 21.2 Å². The van der Waals surface area contributed by atoms with E-state index in [4.69, 9.17) is 9.47 Å². The molecule has 5 rings (SSSR count). The van der Waals surface area contributed by atoms with Crippen molar-refractivity contribution >= 4 is 19.9 Å². The molecule has 0 spiro atoms. The van der Waals surface area contributed by atoms with E-state index in [1.54, 1.807) is 25.1 Å². The molecule has 5 aromatic rings. The van der Waals surface area contributed by atoms with E-state index in [0.717, 1.165) is 16.7 Å². The molecule has 1 N–H and O–H groups in total. The molecule has 44 heavy (non-hydrogen) atoms. The van der Waals surface area contributed by atoms with Gasteiger partial charge in [0.2, 0.25) is 19.9 Å². The van der Waals surface area contributed by atoms with E-state index in [1.807, 2.05) is 78.9 Å². The number of ether oxygens (including phenoxy) is 2. The first-order chi connectivity index (χ1) is 21.2. The normalized spacial score (nSPS) is 11.7. The van der Waals surface area contributed by atoms with E-state index in [0.29, 0.717) is 36.7 Å². The number of hydrogen-bond donors (Lipinski definition) is 1. The number of aryl methyl sites for hydroxylation is 1. The summed E-state index contributed by atoms with van der Waals surface area (Å²) >= 11 is 0. The van der Waals surface area contributed by atoms with Crippen LogP contribution in [-0.4, -0.2) is 23.4 Å². The number of sulfone groups is 1. The number of hydrogen-bond acceptors (Lipinski definition) is 6. The van der Waals surface area contributed by atoms with Crippen molar-refractivity contribution in [3.05, 3.63) is 150 Å². The Balaban J connectivity index is 1.30. The lowest BCUT2D eigenvalue weighted by molar-refractivity contribution is 0.255. The molecule has 0 saturated heterocycles. The molecule has 0 atom stereocenters. The first-order valence-electron chi connectivity index (χ1n) is 14.1. The van der Waals surface area contributed by atoms with Crippen molar-refractivity contribution in [1.82, 2.24) is 4.72 Å². The minimum absolute atomic E-state index is 0.0777. The van der Waals surface area contributed by atoms with Crippen LogP contribution in [0.4, 0.5) is 0 Å². The van der Waals surface area contributed by atoms with Gasteiger partial charge in [-0.1, -0.05) is 91.0 Å². The summed E-state index contributed by atoms with van der Waals surface area (Å²) in [6, 6.07) is 37.3. The number of rotatable bonds is 13. The number of nitrogens with one attached hydrogen (secondary N) is 1. The summed E-state index contributed by atoms with van der Waals surface area (Å²) in [6.07, 6.45) is 0.376. The molecule has 0 aromatic heterocycles. The molecule has 0 aliphatic carbocycles. The molecular formula is C35H33NO6S2. The van der Waals surface area contributed by atoms with Gasteiger partial charge in [-0.25, -0.2) is 21.6 Å². The molecule has 5 aromatic carbocycles. The molecule has 0 aliphatic heterocycles. The van der Waals surface area contributed by atoms with Gasteiger partial charge >= 0.3 is 0 Å². The fraction of sp³-hybridized carbons (Fsp3) is 0.143. The molecule has 0 radical (unpaired) electrons. The van der Waals surface area contributed by atoms with Gasteiger partial charge in [0, 0.05) is 6.54 Å². The van der Waals surface area contributed by atoms with Crippen LogP contribution in [0.1, 0.15) is 22.3 Å². The van der Waals surface area contributed by atoms with Crippen LogP contribution in [0.15, 0.2) is 142 Å². The molecule has 0 saturated carbocycles. The van der Waals surface area contributed by atoms with Gasteiger partial charge in [-0.2, -0.15) is 0 Å². The van der Waals surface area contributed by atoms with Crippen molar-refractivity contribution in [1.29, 1.82) is 0 Å². The second-order valence-electron chi connectivity index (χ2n) is 10.2. The van der Waals surface area contributed by atoms with Crippen LogP contribution in [0.5, 0.6) is 11.5 Å². The van der Waals surface area contributed by atoms with E-state index in [9.17, 15) is 16.8 Å². The Morgan fingerprint density at radius 2 is 1.14 bits per heavy atom. The van der Waals surface area contributed by atoms with Gasteiger partial charge in [0.25, 0.3) is 0 Å². The van der Waals surface area contributed by atoms with E-state index in [1.165, 1.54) is 30.3 Å². The molecule has 0 heterocycles. The minimum Gasteiger partial charge on any atom is -0.485 e. The van der Waals surface area contributed by atoms with Crippen molar-refractivity contribution in [2.45, 2.75) is 41.2 Å². The summed E-state index contributed by atoms with van der Waals surface area (Å²) < 4.78 is 67.7. The lowest BCUT2D eigenvalue weighted by Crippen LogP contribution is -2.27. The summed E-state index contributed by atoms with van der Waals surface area (Å²) in [5, 5.41) is 0. The Kier molecular flexibility index (Phi) is 9.79. The highest BCUT2D eigenvalue weighted by atomic mass is 32.2. The highest BCUT2D eigenvalue weighted by Gasteiger charge is 2.23. The summed E-state index contributed by atoms with van der Waals surface area (Å²) in [7, 11) is -7.88. The first-order valence-corrected chi connectivity index (χ1v) is 17.1. The Hall–Kier alpha value is -4.44. The number of sulfonamides is 1. The third kappa shape index (κ3) is 7.74. The second-order valence-corrected chi connectivity index (χ2v) is 13.9. The van der Waals surface area contributed by atoms with Crippen LogP contribution in [0.3, 0.4) is 0 Å². The van der Waals surface area contributed by atoms with Crippen molar-refractivity contribution in [2.24, 2.45) is 0 Å². The van der Waals surface area contributed by atoms with E-state index in [2.05, 4.69) is 4.72 Å². The van der Waals surface area contributed by atoms with Gasteiger partial charge in [0.15, 0.2) is 11.5 Å². The van der Waals surface area contributed by atoms with Crippen LogP contribution >= 0.6 is 0 Å².